The first-order chi connectivity index (χ1) is 8.13. The second kappa shape index (κ2) is 9.59. The molecule has 0 radical (unpaired) electrons. The lowest BCUT2D eigenvalue weighted by molar-refractivity contribution is -0.149. The number of ether oxygens (including phenoxy) is 3. The van der Waals surface area contributed by atoms with Gasteiger partial charge in [-0.3, -0.25) is 0 Å². The van der Waals surface area contributed by atoms with Crippen LogP contribution in [0.3, 0.4) is 0 Å². The molecule has 17 heavy (non-hydrogen) atoms. The summed E-state index contributed by atoms with van der Waals surface area (Å²) in [6.07, 6.45) is 2.48. The van der Waals surface area contributed by atoms with Crippen LogP contribution >= 0.6 is 0 Å². The Bertz CT molecular complexity index is 248. The van der Waals surface area contributed by atoms with Crippen LogP contribution in [-0.4, -0.2) is 37.9 Å². The molecule has 0 aliphatic carbocycles. The molecule has 0 unspecified atom stereocenters. The Morgan fingerprint density at radius 3 is 1.94 bits per heavy atom. The van der Waals surface area contributed by atoms with E-state index >= 15 is 0 Å². The zero-order valence-corrected chi connectivity index (χ0v) is 10.0. The molecule has 96 valence electrons. The molecular formula is C12H18O5. The molecule has 5 heteroatoms. The number of carbonyl (C=O) groups excluding carboxylic acids is 2. The fourth-order valence-electron chi connectivity index (χ4n) is 0.897. The van der Waals surface area contributed by atoms with Crippen LogP contribution in [0.25, 0.3) is 0 Å². The highest BCUT2D eigenvalue weighted by Crippen LogP contribution is 1.98. The van der Waals surface area contributed by atoms with Gasteiger partial charge in [-0.05, 0) is 6.42 Å². The third-order valence-corrected chi connectivity index (χ3v) is 1.71. The topological polar surface area (TPSA) is 61.8 Å². The van der Waals surface area contributed by atoms with Crippen LogP contribution in [0.2, 0.25) is 0 Å². The first kappa shape index (κ1) is 15.4. The zero-order chi connectivity index (χ0) is 13.1. The number of carbonyl (C=O) groups is 2. The predicted octanol–water partition coefficient (Wildman–Crippen LogP) is 1.24. The summed E-state index contributed by atoms with van der Waals surface area (Å²) in [6, 6.07) is 0. The molecule has 0 fully saturated rings. The molecule has 0 aromatic carbocycles. The van der Waals surface area contributed by atoms with Crippen LogP contribution in [0, 0.1) is 0 Å². The third-order valence-electron chi connectivity index (χ3n) is 1.71. The summed E-state index contributed by atoms with van der Waals surface area (Å²) in [5, 5.41) is 0. The Morgan fingerprint density at radius 1 is 1.12 bits per heavy atom. The molecule has 5 nitrogen and oxygen atoms in total. The van der Waals surface area contributed by atoms with Crippen molar-refractivity contribution in [2.45, 2.75) is 19.4 Å². The third kappa shape index (κ3) is 8.21. The molecule has 0 rings (SSSR count). The lowest BCUT2D eigenvalue weighted by atomic mass is 10.4. The predicted molar refractivity (Wildman–Crippen MR) is 62.3 cm³/mol. The van der Waals surface area contributed by atoms with Gasteiger partial charge in [0.2, 0.25) is 0 Å². The summed E-state index contributed by atoms with van der Waals surface area (Å²) in [6.45, 7) is 9.04. The molecule has 0 aliphatic rings. The van der Waals surface area contributed by atoms with Crippen LogP contribution in [0.4, 0.5) is 0 Å². The SMILES string of the molecule is C=CC(=O)OCC(COC(=O)C=C)OCCC. The quantitative estimate of drug-likeness (QED) is 0.449. The molecule has 0 saturated carbocycles. The molecule has 0 atom stereocenters. The molecule has 0 amide bonds. The van der Waals surface area contributed by atoms with Gasteiger partial charge in [0.05, 0.1) is 0 Å². The molecular weight excluding hydrogens is 224 g/mol. The first-order valence-electron chi connectivity index (χ1n) is 5.34. The van der Waals surface area contributed by atoms with E-state index in [1.165, 1.54) is 0 Å². The van der Waals surface area contributed by atoms with Crippen molar-refractivity contribution >= 4 is 11.9 Å². The van der Waals surface area contributed by atoms with E-state index < -0.39 is 18.0 Å². The van der Waals surface area contributed by atoms with E-state index in [2.05, 4.69) is 13.2 Å². The van der Waals surface area contributed by atoms with E-state index in [-0.39, 0.29) is 13.2 Å². The summed E-state index contributed by atoms with van der Waals surface area (Å²) in [4.78, 5) is 21.7. The summed E-state index contributed by atoms with van der Waals surface area (Å²) in [7, 11) is 0. The largest absolute Gasteiger partial charge is 0.460 e. The van der Waals surface area contributed by atoms with Gasteiger partial charge in [0, 0.05) is 18.8 Å². The highest BCUT2D eigenvalue weighted by molar-refractivity contribution is 5.81. The maximum atomic E-state index is 10.9. The maximum absolute atomic E-state index is 10.9. The highest BCUT2D eigenvalue weighted by atomic mass is 16.6. The Kier molecular flexibility index (Phi) is 8.68. The molecule has 0 N–H and O–H groups in total. The van der Waals surface area contributed by atoms with Gasteiger partial charge in [0.15, 0.2) is 0 Å². The molecule has 0 saturated heterocycles. The van der Waals surface area contributed by atoms with Gasteiger partial charge in [-0.15, -0.1) is 0 Å². The lowest BCUT2D eigenvalue weighted by Crippen LogP contribution is -2.28. The van der Waals surface area contributed by atoms with Gasteiger partial charge >= 0.3 is 11.9 Å². The molecule has 0 bridgehead atoms. The van der Waals surface area contributed by atoms with Crippen molar-refractivity contribution in [1.82, 2.24) is 0 Å². The van der Waals surface area contributed by atoms with Crippen molar-refractivity contribution < 1.29 is 23.8 Å². The second-order valence-electron chi connectivity index (χ2n) is 3.16. The monoisotopic (exact) mass is 242 g/mol. The summed E-state index contributed by atoms with van der Waals surface area (Å²) < 4.78 is 15.0. The van der Waals surface area contributed by atoms with E-state index in [4.69, 9.17) is 14.2 Å². The maximum Gasteiger partial charge on any atom is 0.330 e. The number of rotatable bonds is 9. The van der Waals surface area contributed by atoms with Gasteiger partial charge in [0.25, 0.3) is 0 Å². The average Bonchev–Trinajstić information content (AvgIpc) is 2.36. The van der Waals surface area contributed by atoms with E-state index in [9.17, 15) is 9.59 Å². The van der Waals surface area contributed by atoms with Gasteiger partial charge in [0.1, 0.15) is 19.3 Å². The number of esters is 2. The van der Waals surface area contributed by atoms with Crippen LogP contribution in [0.15, 0.2) is 25.3 Å². The van der Waals surface area contributed by atoms with Crippen molar-refractivity contribution in [3.63, 3.8) is 0 Å². The van der Waals surface area contributed by atoms with Crippen LogP contribution in [0.5, 0.6) is 0 Å². The van der Waals surface area contributed by atoms with Crippen LogP contribution < -0.4 is 0 Å². The summed E-state index contributed by atoms with van der Waals surface area (Å²) in [5.74, 6) is -1.07. The average molecular weight is 242 g/mol. The second-order valence-corrected chi connectivity index (χ2v) is 3.16. The van der Waals surface area contributed by atoms with E-state index in [1.54, 1.807) is 0 Å². The van der Waals surface area contributed by atoms with Crippen molar-refractivity contribution in [3.05, 3.63) is 25.3 Å². The fourth-order valence-corrected chi connectivity index (χ4v) is 0.897. The Labute approximate surface area is 101 Å². The Morgan fingerprint density at radius 2 is 1.59 bits per heavy atom. The normalized spacial score (nSPS) is 9.76. The molecule has 0 aliphatic heterocycles. The minimum atomic E-state index is -0.537. The number of hydrogen-bond acceptors (Lipinski definition) is 5. The van der Waals surface area contributed by atoms with Crippen LogP contribution in [0.1, 0.15) is 13.3 Å². The van der Waals surface area contributed by atoms with E-state index in [1.807, 2.05) is 6.92 Å². The summed E-state index contributed by atoms with van der Waals surface area (Å²) >= 11 is 0. The van der Waals surface area contributed by atoms with Crippen molar-refractivity contribution in [3.8, 4) is 0 Å². The Balaban J connectivity index is 4.03. The van der Waals surface area contributed by atoms with E-state index in [0.29, 0.717) is 6.61 Å². The lowest BCUT2D eigenvalue weighted by Gasteiger charge is -2.16. The van der Waals surface area contributed by atoms with Crippen LogP contribution in [-0.2, 0) is 23.8 Å². The molecule has 0 spiro atoms. The highest BCUT2D eigenvalue weighted by Gasteiger charge is 2.13. The van der Waals surface area contributed by atoms with Crippen molar-refractivity contribution in [1.29, 1.82) is 0 Å². The zero-order valence-electron chi connectivity index (χ0n) is 10.0. The van der Waals surface area contributed by atoms with E-state index in [0.717, 1.165) is 18.6 Å². The van der Waals surface area contributed by atoms with Gasteiger partial charge in [-0.2, -0.15) is 0 Å². The summed E-state index contributed by atoms with van der Waals surface area (Å²) in [5.41, 5.74) is 0. The minimum absolute atomic E-state index is 0.0231. The van der Waals surface area contributed by atoms with Crippen molar-refractivity contribution in [2.24, 2.45) is 0 Å². The molecule has 0 heterocycles. The first-order valence-corrected chi connectivity index (χ1v) is 5.34. The Hall–Kier alpha value is -1.62. The van der Waals surface area contributed by atoms with Gasteiger partial charge in [-0.25, -0.2) is 9.59 Å². The molecule has 0 aromatic heterocycles. The fraction of sp³-hybridized carbons (Fsp3) is 0.500. The minimum Gasteiger partial charge on any atom is -0.460 e. The standard InChI is InChI=1S/C12H18O5/c1-4-7-15-10(8-16-11(13)5-2)9-17-12(14)6-3/h5-6,10H,2-4,7-9H2,1H3. The van der Waals surface area contributed by atoms with Gasteiger partial charge < -0.3 is 14.2 Å². The van der Waals surface area contributed by atoms with Gasteiger partial charge in [-0.1, -0.05) is 20.1 Å². The number of hydrogen-bond donors (Lipinski definition) is 0. The smallest absolute Gasteiger partial charge is 0.330 e. The molecule has 0 aromatic rings. The van der Waals surface area contributed by atoms with Crippen molar-refractivity contribution in [2.75, 3.05) is 19.8 Å².